The van der Waals surface area contributed by atoms with Crippen molar-refractivity contribution in [2.75, 3.05) is 13.1 Å². The van der Waals surface area contributed by atoms with E-state index in [0.29, 0.717) is 17.8 Å². The zero-order valence-electron chi connectivity index (χ0n) is 11.8. The van der Waals surface area contributed by atoms with Crippen molar-refractivity contribution < 1.29 is 9.53 Å². The number of rotatable bonds is 3. The summed E-state index contributed by atoms with van der Waals surface area (Å²) in [7, 11) is 0. The number of fused-ring (bicyclic) bond motifs is 2. The van der Waals surface area contributed by atoms with Gasteiger partial charge in [-0.25, -0.2) is 0 Å². The molecule has 3 heteroatoms. The zero-order chi connectivity index (χ0) is 13.0. The fourth-order valence-electron chi connectivity index (χ4n) is 4.24. The molecule has 1 saturated heterocycles. The minimum atomic E-state index is 0.0241. The number of esters is 1. The fraction of sp³-hybridized carbons (Fsp3) is 0.933. The van der Waals surface area contributed by atoms with Crippen LogP contribution in [-0.2, 0) is 9.53 Å². The molecule has 3 fully saturated rings. The van der Waals surface area contributed by atoms with E-state index in [1.807, 2.05) is 0 Å². The number of hydrogen-bond donors (Lipinski definition) is 1. The SMILES string of the molecule is CC1(C)C2CCC1(C)C(OC(=O)CC1CNC1)C2. The maximum absolute atomic E-state index is 12.0. The first-order valence-electron chi connectivity index (χ1n) is 7.34. The second kappa shape index (κ2) is 3.96. The molecule has 3 atom stereocenters. The second-order valence-corrected chi connectivity index (χ2v) is 7.32. The quantitative estimate of drug-likeness (QED) is 0.783. The number of carbonyl (C=O) groups is 1. The molecular weight excluding hydrogens is 226 g/mol. The Labute approximate surface area is 110 Å². The van der Waals surface area contributed by atoms with Crippen LogP contribution in [-0.4, -0.2) is 25.2 Å². The Morgan fingerprint density at radius 2 is 2.06 bits per heavy atom. The Kier molecular flexibility index (Phi) is 2.74. The molecule has 0 aromatic rings. The van der Waals surface area contributed by atoms with Gasteiger partial charge in [0, 0.05) is 5.41 Å². The van der Waals surface area contributed by atoms with Crippen LogP contribution in [0.15, 0.2) is 0 Å². The minimum absolute atomic E-state index is 0.0241. The van der Waals surface area contributed by atoms with E-state index in [2.05, 4.69) is 26.1 Å². The summed E-state index contributed by atoms with van der Waals surface area (Å²) in [5, 5.41) is 3.20. The van der Waals surface area contributed by atoms with Gasteiger partial charge in [0.05, 0.1) is 6.42 Å². The summed E-state index contributed by atoms with van der Waals surface area (Å²) in [6.07, 6.45) is 4.37. The Morgan fingerprint density at radius 3 is 2.50 bits per heavy atom. The lowest BCUT2D eigenvalue weighted by Crippen LogP contribution is -2.44. The van der Waals surface area contributed by atoms with Crippen LogP contribution in [0.5, 0.6) is 0 Å². The van der Waals surface area contributed by atoms with Gasteiger partial charge in [0.1, 0.15) is 6.10 Å². The molecule has 0 amide bonds. The first-order valence-corrected chi connectivity index (χ1v) is 7.34. The summed E-state index contributed by atoms with van der Waals surface area (Å²) in [4.78, 5) is 12.0. The highest BCUT2D eigenvalue weighted by molar-refractivity contribution is 5.70. The van der Waals surface area contributed by atoms with Crippen LogP contribution in [0.2, 0.25) is 0 Å². The average Bonchev–Trinajstić information content (AvgIpc) is 2.56. The van der Waals surface area contributed by atoms with Crippen LogP contribution >= 0.6 is 0 Å². The summed E-state index contributed by atoms with van der Waals surface area (Å²) in [6.45, 7) is 8.99. The highest BCUT2D eigenvalue weighted by atomic mass is 16.5. The van der Waals surface area contributed by atoms with Gasteiger partial charge in [0.25, 0.3) is 0 Å². The van der Waals surface area contributed by atoms with Crippen molar-refractivity contribution in [2.45, 2.75) is 52.6 Å². The van der Waals surface area contributed by atoms with Crippen molar-refractivity contribution in [1.82, 2.24) is 5.32 Å². The molecule has 2 bridgehead atoms. The van der Waals surface area contributed by atoms with Crippen LogP contribution in [0.1, 0.15) is 46.5 Å². The molecule has 3 nitrogen and oxygen atoms in total. The molecule has 0 radical (unpaired) electrons. The van der Waals surface area contributed by atoms with Gasteiger partial charge in [-0.1, -0.05) is 20.8 Å². The van der Waals surface area contributed by atoms with Gasteiger partial charge >= 0.3 is 5.97 Å². The van der Waals surface area contributed by atoms with E-state index in [9.17, 15) is 4.79 Å². The normalized spacial score (nSPS) is 41.7. The molecule has 2 aliphatic carbocycles. The molecule has 0 aromatic heterocycles. The summed E-state index contributed by atoms with van der Waals surface area (Å²) in [5.41, 5.74) is 0.529. The lowest BCUT2D eigenvalue weighted by molar-refractivity contribution is -0.158. The molecule has 18 heavy (non-hydrogen) atoms. The van der Waals surface area contributed by atoms with Gasteiger partial charge < -0.3 is 10.1 Å². The largest absolute Gasteiger partial charge is 0.462 e. The van der Waals surface area contributed by atoms with Gasteiger partial charge in [-0.3, -0.25) is 4.79 Å². The lowest BCUT2D eigenvalue weighted by Gasteiger charge is -2.38. The average molecular weight is 251 g/mol. The van der Waals surface area contributed by atoms with Crippen molar-refractivity contribution in [3.8, 4) is 0 Å². The molecule has 1 aliphatic heterocycles. The highest BCUT2D eigenvalue weighted by Crippen LogP contribution is 2.66. The Bertz CT molecular complexity index is 362. The molecule has 3 unspecified atom stereocenters. The first-order chi connectivity index (χ1) is 8.43. The van der Waals surface area contributed by atoms with Crippen molar-refractivity contribution in [1.29, 1.82) is 0 Å². The molecule has 0 spiro atoms. The van der Waals surface area contributed by atoms with Crippen LogP contribution < -0.4 is 5.32 Å². The lowest BCUT2D eigenvalue weighted by atomic mass is 9.70. The third-order valence-electron chi connectivity index (χ3n) is 6.31. The van der Waals surface area contributed by atoms with E-state index < -0.39 is 0 Å². The third kappa shape index (κ3) is 1.63. The first kappa shape index (κ1) is 12.5. The van der Waals surface area contributed by atoms with E-state index in [-0.39, 0.29) is 17.5 Å². The summed E-state index contributed by atoms with van der Waals surface area (Å²) in [5.74, 6) is 1.28. The Morgan fingerprint density at radius 1 is 1.33 bits per heavy atom. The number of hydrogen-bond acceptors (Lipinski definition) is 3. The number of nitrogens with one attached hydrogen (secondary N) is 1. The predicted octanol–water partition coefficient (Wildman–Crippen LogP) is 2.35. The number of ether oxygens (including phenoxy) is 1. The maximum Gasteiger partial charge on any atom is 0.306 e. The second-order valence-electron chi connectivity index (χ2n) is 7.32. The fourth-order valence-corrected chi connectivity index (χ4v) is 4.24. The van der Waals surface area contributed by atoms with Gasteiger partial charge in [0.15, 0.2) is 0 Å². The highest BCUT2D eigenvalue weighted by Gasteiger charge is 2.62. The van der Waals surface area contributed by atoms with Crippen LogP contribution in [0.3, 0.4) is 0 Å². The van der Waals surface area contributed by atoms with Gasteiger partial charge in [-0.05, 0) is 49.6 Å². The molecule has 0 aromatic carbocycles. The summed E-state index contributed by atoms with van der Waals surface area (Å²) >= 11 is 0. The van der Waals surface area contributed by atoms with Crippen molar-refractivity contribution >= 4 is 5.97 Å². The summed E-state index contributed by atoms with van der Waals surface area (Å²) in [6, 6.07) is 0. The van der Waals surface area contributed by atoms with E-state index in [4.69, 9.17) is 4.74 Å². The molecule has 1 heterocycles. The number of carbonyl (C=O) groups excluding carboxylic acids is 1. The van der Waals surface area contributed by atoms with Crippen LogP contribution in [0, 0.1) is 22.7 Å². The van der Waals surface area contributed by atoms with Crippen molar-refractivity contribution in [3.05, 3.63) is 0 Å². The van der Waals surface area contributed by atoms with Gasteiger partial charge in [-0.2, -0.15) is 0 Å². The van der Waals surface area contributed by atoms with E-state index in [0.717, 1.165) is 25.4 Å². The molecule has 2 saturated carbocycles. The van der Waals surface area contributed by atoms with Crippen LogP contribution in [0.25, 0.3) is 0 Å². The topological polar surface area (TPSA) is 38.3 Å². The Hall–Kier alpha value is -0.570. The zero-order valence-corrected chi connectivity index (χ0v) is 11.8. The predicted molar refractivity (Wildman–Crippen MR) is 70.1 cm³/mol. The van der Waals surface area contributed by atoms with E-state index in [1.54, 1.807) is 0 Å². The van der Waals surface area contributed by atoms with E-state index >= 15 is 0 Å². The Balaban J connectivity index is 1.62. The molecule has 3 rings (SSSR count). The van der Waals surface area contributed by atoms with E-state index in [1.165, 1.54) is 12.8 Å². The minimum Gasteiger partial charge on any atom is -0.462 e. The standard InChI is InChI=1S/C15H25NO2/c1-14(2)11-4-5-15(14,3)12(7-11)18-13(17)6-10-8-16-9-10/h10-12,16H,4-9H2,1-3H3. The monoisotopic (exact) mass is 251 g/mol. The smallest absolute Gasteiger partial charge is 0.306 e. The molecule has 102 valence electrons. The maximum atomic E-state index is 12.0. The summed E-state index contributed by atoms with van der Waals surface area (Å²) < 4.78 is 5.82. The van der Waals surface area contributed by atoms with Crippen molar-refractivity contribution in [2.24, 2.45) is 22.7 Å². The molecule has 3 aliphatic rings. The molecule has 1 N–H and O–H groups in total. The molecular formula is C15H25NO2. The van der Waals surface area contributed by atoms with Gasteiger partial charge in [0.2, 0.25) is 0 Å². The van der Waals surface area contributed by atoms with Crippen molar-refractivity contribution in [3.63, 3.8) is 0 Å². The van der Waals surface area contributed by atoms with Gasteiger partial charge in [-0.15, -0.1) is 0 Å². The third-order valence-corrected chi connectivity index (χ3v) is 6.31. The van der Waals surface area contributed by atoms with Crippen LogP contribution in [0.4, 0.5) is 0 Å².